The maximum atomic E-state index is 9.10. The molecule has 188 valence electrons. The Hall–Kier alpha value is -3.68. The predicted molar refractivity (Wildman–Crippen MR) is 137 cm³/mol. The number of rotatable bonds is 5. The van der Waals surface area contributed by atoms with E-state index in [0.29, 0.717) is 0 Å². The first-order chi connectivity index (χ1) is 17.5. The molecule has 0 aliphatic carbocycles. The lowest BCUT2D eigenvalue weighted by atomic mass is 9.95. The second-order valence-corrected chi connectivity index (χ2v) is 9.17. The molecule has 7 nitrogen and oxygen atoms in total. The van der Waals surface area contributed by atoms with Crippen LogP contribution in [0.4, 0.5) is 0 Å². The monoisotopic (exact) mass is 488 g/mol. The average Bonchev–Trinajstić information content (AvgIpc) is 2.90. The van der Waals surface area contributed by atoms with Gasteiger partial charge in [0.25, 0.3) is 0 Å². The Kier molecular flexibility index (Phi) is 8.71. The van der Waals surface area contributed by atoms with Crippen LogP contribution in [0.5, 0.6) is 11.5 Å². The van der Waals surface area contributed by atoms with Gasteiger partial charge < -0.3 is 14.9 Å². The fourth-order valence-electron chi connectivity index (χ4n) is 4.86. The fraction of sp³-hybridized carbons (Fsp3) is 0.310. The molecule has 0 saturated carbocycles. The summed E-state index contributed by atoms with van der Waals surface area (Å²) < 4.78 is 6.01. The number of likely N-dealkylation sites (tertiary alicyclic amines) is 1. The number of fused-ring (bicyclic) bond motifs is 1. The van der Waals surface area contributed by atoms with E-state index in [2.05, 4.69) is 52.3 Å². The molecule has 0 bridgehead atoms. The molecule has 0 atom stereocenters. The van der Waals surface area contributed by atoms with Crippen LogP contribution in [0.2, 0.25) is 0 Å². The quantitative estimate of drug-likeness (QED) is 0.505. The van der Waals surface area contributed by atoms with E-state index >= 15 is 0 Å². The lowest BCUT2D eigenvalue weighted by Gasteiger charge is -2.40. The van der Waals surface area contributed by atoms with Crippen molar-refractivity contribution in [3.05, 3.63) is 95.6 Å². The number of nitrogens with zero attached hydrogens (tertiary/aromatic N) is 2. The van der Waals surface area contributed by atoms with Gasteiger partial charge in [0, 0.05) is 25.7 Å². The number of hydrogen-bond donors (Lipinski definition) is 2. The van der Waals surface area contributed by atoms with Crippen LogP contribution in [0.3, 0.4) is 0 Å². The van der Waals surface area contributed by atoms with E-state index in [4.69, 9.17) is 24.5 Å². The van der Waals surface area contributed by atoms with Crippen LogP contribution in [0.25, 0.3) is 0 Å². The van der Waals surface area contributed by atoms with Crippen LogP contribution in [0, 0.1) is 0 Å². The van der Waals surface area contributed by atoms with E-state index in [-0.39, 0.29) is 0 Å². The molecule has 7 heteroatoms. The molecule has 2 aliphatic heterocycles. The smallest absolute Gasteiger partial charge is 0.414 e. The Balaban J connectivity index is 0.000000455. The van der Waals surface area contributed by atoms with Crippen molar-refractivity contribution >= 4 is 11.9 Å². The minimum Gasteiger partial charge on any atom is -0.473 e. The first-order valence-electron chi connectivity index (χ1n) is 12.3. The number of aliphatic carboxylic acids is 2. The second-order valence-electron chi connectivity index (χ2n) is 9.17. The molecule has 3 aromatic carbocycles. The van der Waals surface area contributed by atoms with Crippen molar-refractivity contribution < 1.29 is 24.5 Å². The molecular formula is C29H32N2O5. The summed E-state index contributed by atoms with van der Waals surface area (Å²) in [6, 6.07) is 28.2. The highest BCUT2D eigenvalue weighted by Crippen LogP contribution is 2.26. The summed E-state index contributed by atoms with van der Waals surface area (Å²) in [7, 11) is 0. The Morgan fingerprint density at radius 2 is 1.42 bits per heavy atom. The SMILES string of the molecule is O=C(O)C(=O)O.c1ccc(Oc2cccc(CN3CCC(N4CCc5ccccc5C4)CC3)c2)cc1. The molecule has 0 amide bonds. The molecular weight excluding hydrogens is 456 g/mol. The second kappa shape index (κ2) is 12.3. The highest BCUT2D eigenvalue weighted by Gasteiger charge is 2.27. The number of carboxylic acids is 2. The number of hydrogen-bond acceptors (Lipinski definition) is 5. The summed E-state index contributed by atoms with van der Waals surface area (Å²) in [5.74, 6) is -1.84. The third-order valence-corrected chi connectivity index (χ3v) is 6.70. The van der Waals surface area contributed by atoms with Crippen molar-refractivity contribution in [2.75, 3.05) is 19.6 Å². The minimum atomic E-state index is -1.82. The van der Waals surface area contributed by atoms with E-state index in [0.717, 1.165) is 30.6 Å². The van der Waals surface area contributed by atoms with Crippen LogP contribution in [-0.4, -0.2) is 57.6 Å². The molecule has 0 aromatic heterocycles. The third-order valence-electron chi connectivity index (χ3n) is 6.70. The summed E-state index contributed by atoms with van der Waals surface area (Å²) >= 11 is 0. The third kappa shape index (κ3) is 7.16. The van der Waals surface area contributed by atoms with Gasteiger partial charge in [-0.05, 0) is 73.3 Å². The Morgan fingerprint density at radius 1 is 0.778 bits per heavy atom. The molecule has 2 aliphatic rings. The normalized spacial score (nSPS) is 16.3. The van der Waals surface area contributed by atoms with Crippen molar-refractivity contribution in [1.29, 1.82) is 0 Å². The zero-order valence-electron chi connectivity index (χ0n) is 20.3. The topological polar surface area (TPSA) is 90.3 Å². The summed E-state index contributed by atoms with van der Waals surface area (Å²) in [4.78, 5) is 23.5. The van der Waals surface area contributed by atoms with E-state index in [9.17, 15) is 0 Å². The van der Waals surface area contributed by atoms with Crippen LogP contribution in [0.1, 0.15) is 29.5 Å². The number of carbonyl (C=O) groups is 2. The van der Waals surface area contributed by atoms with E-state index < -0.39 is 11.9 Å². The van der Waals surface area contributed by atoms with Crippen LogP contribution in [0.15, 0.2) is 78.9 Å². The lowest BCUT2D eigenvalue weighted by Crippen LogP contribution is -2.46. The highest BCUT2D eigenvalue weighted by atomic mass is 16.5. The van der Waals surface area contributed by atoms with Gasteiger partial charge in [0.15, 0.2) is 0 Å². The zero-order valence-corrected chi connectivity index (χ0v) is 20.3. The van der Waals surface area contributed by atoms with Crippen molar-refractivity contribution in [3.63, 3.8) is 0 Å². The molecule has 1 fully saturated rings. The van der Waals surface area contributed by atoms with Crippen molar-refractivity contribution in [2.24, 2.45) is 0 Å². The van der Waals surface area contributed by atoms with Gasteiger partial charge in [-0.25, -0.2) is 9.59 Å². The van der Waals surface area contributed by atoms with Crippen LogP contribution < -0.4 is 4.74 Å². The van der Waals surface area contributed by atoms with E-state index in [1.54, 1.807) is 5.56 Å². The van der Waals surface area contributed by atoms with Crippen molar-refractivity contribution in [3.8, 4) is 11.5 Å². The number of piperidine rings is 1. The van der Waals surface area contributed by atoms with Crippen molar-refractivity contribution in [1.82, 2.24) is 9.80 Å². The first-order valence-corrected chi connectivity index (χ1v) is 12.3. The highest BCUT2D eigenvalue weighted by molar-refractivity contribution is 6.27. The lowest BCUT2D eigenvalue weighted by molar-refractivity contribution is -0.159. The van der Waals surface area contributed by atoms with Gasteiger partial charge in [0.05, 0.1) is 0 Å². The number of benzene rings is 3. The van der Waals surface area contributed by atoms with Crippen molar-refractivity contribution in [2.45, 2.75) is 38.4 Å². The Bertz CT molecular complexity index is 1150. The van der Waals surface area contributed by atoms with E-state index in [1.807, 2.05) is 36.4 Å². The number of ether oxygens (including phenoxy) is 1. The van der Waals surface area contributed by atoms with Crippen LogP contribution in [-0.2, 0) is 29.1 Å². The Labute approximate surface area is 211 Å². The molecule has 0 unspecified atom stereocenters. The van der Waals surface area contributed by atoms with Gasteiger partial charge >= 0.3 is 11.9 Å². The summed E-state index contributed by atoms with van der Waals surface area (Å²) in [6.07, 6.45) is 3.73. The average molecular weight is 489 g/mol. The molecule has 2 N–H and O–H groups in total. The first kappa shape index (κ1) is 25.4. The molecule has 0 radical (unpaired) electrons. The number of para-hydroxylation sites is 1. The molecule has 36 heavy (non-hydrogen) atoms. The fourth-order valence-corrected chi connectivity index (χ4v) is 4.86. The maximum absolute atomic E-state index is 9.10. The summed E-state index contributed by atoms with van der Waals surface area (Å²) in [5.41, 5.74) is 4.40. The summed E-state index contributed by atoms with van der Waals surface area (Å²) in [6.45, 7) is 5.68. The van der Waals surface area contributed by atoms with Crippen LogP contribution >= 0.6 is 0 Å². The molecule has 0 spiro atoms. The van der Waals surface area contributed by atoms with Gasteiger partial charge in [-0.3, -0.25) is 9.80 Å². The standard InChI is InChI=1S/C27H30N2O.C2H2O4/c1-2-10-26(11-3-1)30-27-12-6-7-22(19-27)20-28-16-14-25(15-17-28)29-18-13-23-8-4-5-9-24(23)21-29;3-1(4)2(5)6/h1-12,19,25H,13-18,20-21H2;(H,3,4)(H,5,6). The Morgan fingerprint density at radius 3 is 2.11 bits per heavy atom. The number of carboxylic acid groups (broad SMARTS) is 2. The van der Waals surface area contributed by atoms with E-state index in [1.165, 1.54) is 50.0 Å². The predicted octanol–water partition coefficient (Wildman–Crippen LogP) is 4.66. The molecule has 3 aromatic rings. The molecule has 5 rings (SSSR count). The summed E-state index contributed by atoms with van der Waals surface area (Å²) in [5, 5.41) is 14.8. The minimum absolute atomic E-state index is 0.724. The molecule has 1 saturated heterocycles. The van der Waals surface area contributed by atoms with Gasteiger partial charge in [0.2, 0.25) is 0 Å². The largest absolute Gasteiger partial charge is 0.473 e. The zero-order chi connectivity index (χ0) is 25.3. The van der Waals surface area contributed by atoms with Gasteiger partial charge in [0.1, 0.15) is 11.5 Å². The van der Waals surface area contributed by atoms with Gasteiger partial charge in [-0.15, -0.1) is 0 Å². The van der Waals surface area contributed by atoms with Gasteiger partial charge in [-0.2, -0.15) is 0 Å². The maximum Gasteiger partial charge on any atom is 0.414 e. The molecule has 2 heterocycles. The van der Waals surface area contributed by atoms with Gasteiger partial charge in [-0.1, -0.05) is 54.6 Å².